The van der Waals surface area contributed by atoms with E-state index < -0.39 is 69.9 Å². The Morgan fingerprint density at radius 3 is 1.27 bits per heavy atom. The van der Waals surface area contributed by atoms with Crippen LogP contribution in [0, 0.1) is 11.8 Å². The molecule has 92 heavy (non-hydrogen) atoms. The molecular formula is C72H118B2N2O8S4Si4. The van der Waals surface area contributed by atoms with Gasteiger partial charge in [-0.05, 0) is 193 Å². The topological polar surface area (TPSA) is 96.0 Å². The monoisotopic (exact) mass is 1400 g/mol. The molecular weight excluding hydrogens is 1280 g/mol. The van der Waals surface area contributed by atoms with Gasteiger partial charge in [0.05, 0.1) is 54.7 Å². The van der Waals surface area contributed by atoms with Crippen LogP contribution in [0.3, 0.4) is 0 Å². The molecule has 1 atom stereocenters. The first-order valence-corrected chi connectivity index (χ1v) is 51.2. The van der Waals surface area contributed by atoms with Gasteiger partial charge in [0.1, 0.15) is 0 Å². The van der Waals surface area contributed by atoms with Crippen LogP contribution in [0.1, 0.15) is 207 Å². The highest BCUT2D eigenvalue weighted by Gasteiger charge is 2.57. The van der Waals surface area contributed by atoms with E-state index in [1.165, 1.54) is 51.2 Å². The first-order chi connectivity index (χ1) is 42.5. The summed E-state index contributed by atoms with van der Waals surface area (Å²) in [4.78, 5) is 42.2. The van der Waals surface area contributed by atoms with Crippen LogP contribution in [0.5, 0.6) is 0 Å². The molecule has 4 aliphatic rings. The van der Waals surface area contributed by atoms with Gasteiger partial charge in [-0.1, -0.05) is 132 Å². The van der Waals surface area contributed by atoms with Crippen molar-refractivity contribution >= 4 is 126 Å². The van der Waals surface area contributed by atoms with Gasteiger partial charge in [-0.2, -0.15) is 11.3 Å². The van der Waals surface area contributed by atoms with E-state index in [2.05, 4.69) is 211 Å². The van der Waals surface area contributed by atoms with Crippen molar-refractivity contribution in [3.05, 3.63) is 79.2 Å². The number of carbonyl (C=O) groups is 2. The normalized spacial score (nSPS) is 19.9. The molecule has 0 aliphatic carbocycles. The number of unbranched alkanes of at least 4 members (excludes halogenated alkanes) is 10. The maximum atomic E-state index is 15.6. The zero-order chi connectivity index (χ0) is 68.0. The molecule has 1 unspecified atom stereocenters. The summed E-state index contributed by atoms with van der Waals surface area (Å²) in [6.45, 7) is 55.9. The lowest BCUT2D eigenvalue weighted by Crippen LogP contribution is -2.49. The number of thiophene rings is 4. The quantitative estimate of drug-likeness (QED) is 0.0337. The molecule has 2 amide bonds. The third kappa shape index (κ3) is 17.5. The Kier molecular flexibility index (Phi) is 23.9. The lowest BCUT2D eigenvalue weighted by molar-refractivity contribution is -0.124. The van der Waals surface area contributed by atoms with Crippen molar-refractivity contribution in [1.29, 1.82) is 0 Å². The van der Waals surface area contributed by atoms with Crippen molar-refractivity contribution in [2.45, 2.75) is 298 Å². The summed E-state index contributed by atoms with van der Waals surface area (Å²) in [5.74, 6) is 0.878. The molecule has 4 aromatic heterocycles. The predicted octanol–water partition coefficient (Wildman–Crippen LogP) is 20.1. The highest BCUT2D eigenvalue weighted by Crippen LogP contribution is 2.52. The summed E-state index contributed by atoms with van der Waals surface area (Å²) in [7, 11) is -8.07. The lowest BCUT2D eigenvalue weighted by atomic mass is 9.80. The average Bonchev–Trinajstić information content (AvgIpc) is 1.56. The third-order valence-corrected chi connectivity index (χ3v) is 40.4. The number of amides is 2. The minimum absolute atomic E-state index is 0.0185. The highest BCUT2D eigenvalue weighted by atomic mass is 32.1. The second-order valence-electron chi connectivity index (χ2n) is 33.6. The maximum Gasteiger partial charge on any atom is 0.505 e. The van der Waals surface area contributed by atoms with Crippen LogP contribution in [-0.2, 0) is 47.3 Å². The molecule has 20 heteroatoms. The van der Waals surface area contributed by atoms with Crippen molar-refractivity contribution in [3.8, 4) is 9.75 Å². The number of carbonyl (C=O) groups excluding carboxylic acids is 2. The molecule has 10 nitrogen and oxygen atoms in total. The summed E-state index contributed by atoms with van der Waals surface area (Å²) in [5, 5.41) is 0. The van der Waals surface area contributed by atoms with E-state index in [9.17, 15) is 0 Å². The van der Waals surface area contributed by atoms with Gasteiger partial charge >= 0.3 is 14.2 Å². The van der Waals surface area contributed by atoms with Crippen molar-refractivity contribution in [2.75, 3.05) is 13.1 Å². The number of hydrogen-bond acceptors (Lipinski definition) is 12. The zero-order valence-electron chi connectivity index (χ0n) is 61.4. The highest BCUT2D eigenvalue weighted by molar-refractivity contribution is 7.30. The third-order valence-electron chi connectivity index (χ3n) is 21.4. The van der Waals surface area contributed by atoms with Crippen LogP contribution in [0.2, 0.25) is 77.1 Å². The lowest BCUT2D eigenvalue weighted by Gasteiger charge is -2.40. The van der Waals surface area contributed by atoms with Gasteiger partial charge in [-0.3, -0.25) is 9.59 Å². The van der Waals surface area contributed by atoms with E-state index in [0.717, 1.165) is 101 Å². The number of hydrogen-bond donors (Lipinski definition) is 0. The molecule has 0 radical (unpaired) electrons. The molecule has 8 heterocycles. The molecule has 8 rings (SSSR count). The minimum atomic E-state index is -2.06. The standard InChI is InChI=1S/C72H118B2N2O8S4Si4/c1-51(2)67(5,6)57-41-39-54(86-57)53-37-38-55(85-53)63-61-62(64(56-40-42-58(87-56)68(7,8)52(3)4)76(65(61)77)47-34-30-25-27-31-35-48-90(19,20)83-89(16,17)18)66(78)75(63)46-33-29-26-28-32-36-49-91(21,22)84-92(23,24)50-45-72(15)71(13,14)81-74(82-72)60-44-43-59(88-60)73-79-69(9,10)70(11,12)80-73/h37-44,51-52H,25-36,45-50H2,1-24H3. The van der Waals surface area contributed by atoms with Crippen LogP contribution in [-0.4, -0.2) is 105 Å². The molecule has 0 aromatic carbocycles. The van der Waals surface area contributed by atoms with E-state index in [1.807, 2.05) is 21.1 Å². The van der Waals surface area contributed by atoms with Crippen LogP contribution in [0.4, 0.5) is 0 Å². The van der Waals surface area contributed by atoms with E-state index in [4.69, 9.17) is 26.8 Å². The van der Waals surface area contributed by atoms with Crippen molar-refractivity contribution in [2.24, 2.45) is 11.8 Å². The summed E-state index contributed by atoms with van der Waals surface area (Å²) in [6, 6.07) is 21.0. The Bertz CT molecular complexity index is 3260. The Hall–Kier alpha value is -2.02. The van der Waals surface area contributed by atoms with Gasteiger partial charge in [0.25, 0.3) is 11.8 Å². The Balaban J connectivity index is 0.904. The SMILES string of the molecule is CC(C)C(C)(C)c1ccc(C2=C3C(=O)N(CCCCCCCC[Si](C)(C)O[Si](C)(C)CCC4(C)OB(c5ccc(B6OC(C)(C)C(C)(C)O6)s5)OC4(C)C)C(c4ccc(-c5ccc(C(C)(C)C(C)C)s5)s4)=C3C(=O)N2CCCCCCCC[Si](C)(C)O[Si](C)(C)C)s1. The Labute approximate surface area is 579 Å². The number of fused-ring (bicyclic) bond motifs is 1. The van der Waals surface area contributed by atoms with E-state index in [1.54, 1.807) is 34.0 Å². The van der Waals surface area contributed by atoms with Gasteiger partial charge in [0, 0.05) is 53.0 Å². The van der Waals surface area contributed by atoms with Crippen molar-refractivity contribution < 1.29 is 36.4 Å². The molecule has 4 aromatic rings. The summed E-state index contributed by atoms with van der Waals surface area (Å²) < 4.78 is 42.3. The van der Waals surface area contributed by atoms with Crippen molar-refractivity contribution in [1.82, 2.24) is 9.80 Å². The second kappa shape index (κ2) is 29.0. The Morgan fingerprint density at radius 1 is 0.446 bits per heavy atom. The molecule has 4 aliphatic heterocycles. The van der Waals surface area contributed by atoms with Crippen molar-refractivity contribution in [3.63, 3.8) is 0 Å². The first kappa shape index (κ1) is 75.7. The zero-order valence-corrected chi connectivity index (χ0v) is 68.7. The number of nitrogens with zero attached hydrogens (tertiary/aromatic N) is 2. The van der Waals surface area contributed by atoms with Crippen LogP contribution < -0.4 is 9.55 Å². The molecule has 510 valence electrons. The fourth-order valence-electron chi connectivity index (χ4n) is 13.3. The van der Waals surface area contributed by atoms with Gasteiger partial charge in [-0.15, -0.1) is 34.0 Å². The molecule has 2 fully saturated rings. The van der Waals surface area contributed by atoms with Gasteiger partial charge < -0.3 is 36.6 Å². The summed E-state index contributed by atoms with van der Waals surface area (Å²) in [5.41, 5.74) is 1.09. The molecule has 0 N–H and O–H groups in total. The van der Waals surface area contributed by atoms with Gasteiger partial charge in [0.15, 0.2) is 33.3 Å². The maximum absolute atomic E-state index is 15.6. The fraction of sp³-hybridized carbons (Fsp3) is 0.694. The van der Waals surface area contributed by atoms with E-state index in [-0.39, 0.29) is 22.6 Å². The smallest absolute Gasteiger partial charge is 0.456 e. The molecule has 0 saturated carbocycles. The predicted molar refractivity (Wildman–Crippen MR) is 407 cm³/mol. The largest absolute Gasteiger partial charge is 0.505 e. The van der Waals surface area contributed by atoms with Crippen LogP contribution in [0.25, 0.3) is 21.1 Å². The summed E-state index contributed by atoms with van der Waals surface area (Å²) in [6.07, 6.45) is 14.1. The molecule has 0 bridgehead atoms. The van der Waals surface area contributed by atoms with Crippen LogP contribution in [0.15, 0.2) is 59.7 Å². The number of rotatable bonds is 34. The van der Waals surface area contributed by atoms with Gasteiger partial charge in [-0.25, -0.2) is 0 Å². The van der Waals surface area contributed by atoms with Crippen LogP contribution >= 0.6 is 45.3 Å². The molecule has 0 spiro atoms. The fourth-order valence-corrected chi connectivity index (χ4v) is 35.1. The first-order valence-electron chi connectivity index (χ1n) is 35.2. The minimum Gasteiger partial charge on any atom is -0.456 e. The van der Waals surface area contributed by atoms with E-state index >= 15 is 9.59 Å². The molecule has 2 saturated heterocycles. The summed E-state index contributed by atoms with van der Waals surface area (Å²) >= 11 is 7.02. The van der Waals surface area contributed by atoms with Gasteiger partial charge in [0.2, 0.25) is 0 Å². The average molecular weight is 1400 g/mol. The second-order valence-corrected chi connectivity index (χ2v) is 55.9. The van der Waals surface area contributed by atoms with E-state index in [0.29, 0.717) is 36.1 Å². The Morgan fingerprint density at radius 2 is 0.804 bits per heavy atom.